The van der Waals surface area contributed by atoms with Crippen LogP contribution in [-0.4, -0.2) is 25.0 Å². The fourth-order valence-electron chi connectivity index (χ4n) is 2.55. The number of para-hydroxylation sites is 1. The van der Waals surface area contributed by atoms with Crippen molar-refractivity contribution in [1.29, 1.82) is 0 Å². The second-order valence-corrected chi connectivity index (χ2v) is 5.83. The Morgan fingerprint density at radius 3 is 2.50 bits per heavy atom. The molecule has 0 unspecified atom stereocenters. The molecule has 0 radical (unpaired) electrons. The molecule has 1 aromatic heterocycles. The number of methoxy groups -OCH3 is 1. The normalized spacial score (nSPS) is 10.2. The molecule has 5 heteroatoms. The maximum absolute atomic E-state index is 12.7. The van der Waals surface area contributed by atoms with E-state index in [1.54, 1.807) is 31.3 Å². The van der Waals surface area contributed by atoms with Crippen molar-refractivity contribution in [3.05, 3.63) is 84.2 Å². The Bertz CT molecular complexity index is 864. The summed E-state index contributed by atoms with van der Waals surface area (Å²) in [6.07, 6.45) is 1.64. The summed E-state index contributed by atoms with van der Waals surface area (Å²) in [5, 5.41) is 3.32. The summed E-state index contributed by atoms with van der Waals surface area (Å²) in [6.45, 7) is 0.649. The van der Waals surface area contributed by atoms with E-state index in [0.29, 0.717) is 12.2 Å². The molecule has 26 heavy (non-hydrogen) atoms. The first-order valence-corrected chi connectivity index (χ1v) is 8.33. The minimum atomic E-state index is -0.149. The van der Waals surface area contributed by atoms with E-state index in [4.69, 9.17) is 4.74 Å². The zero-order valence-electron chi connectivity index (χ0n) is 14.8. The van der Waals surface area contributed by atoms with E-state index in [0.717, 1.165) is 22.7 Å². The van der Waals surface area contributed by atoms with Gasteiger partial charge in [0.15, 0.2) is 0 Å². The van der Waals surface area contributed by atoms with Gasteiger partial charge in [-0.1, -0.05) is 30.3 Å². The average molecular weight is 347 g/mol. The number of pyridine rings is 1. The van der Waals surface area contributed by atoms with E-state index in [-0.39, 0.29) is 5.91 Å². The molecule has 1 heterocycles. The summed E-state index contributed by atoms with van der Waals surface area (Å²) in [5.74, 6) is 0.679. The highest BCUT2D eigenvalue weighted by molar-refractivity contribution is 6.04. The molecule has 0 saturated heterocycles. The number of carbonyl (C=O) groups is 1. The molecule has 1 N–H and O–H groups in total. The first kappa shape index (κ1) is 17.5. The standard InChI is InChI=1S/C21H21N3O2/c1-24(18-6-4-3-5-7-18)21(25)20-14-17(12-13-22-20)23-15-16-8-10-19(26-2)11-9-16/h3-14H,15H2,1-2H3,(H,22,23). The lowest BCUT2D eigenvalue weighted by atomic mass is 10.2. The van der Waals surface area contributed by atoms with Gasteiger partial charge in [0.2, 0.25) is 0 Å². The van der Waals surface area contributed by atoms with Crippen molar-refractivity contribution >= 4 is 17.3 Å². The topological polar surface area (TPSA) is 54.5 Å². The van der Waals surface area contributed by atoms with Gasteiger partial charge in [-0.15, -0.1) is 0 Å². The zero-order valence-corrected chi connectivity index (χ0v) is 14.8. The van der Waals surface area contributed by atoms with E-state index in [9.17, 15) is 4.79 Å². The Morgan fingerprint density at radius 1 is 1.08 bits per heavy atom. The van der Waals surface area contributed by atoms with Crippen LogP contribution in [0.5, 0.6) is 5.75 Å². The van der Waals surface area contributed by atoms with E-state index in [1.807, 2.05) is 60.7 Å². The van der Waals surface area contributed by atoms with Gasteiger partial charge in [-0.05, 0) is 42.0 Å². The molecule has 5 nitrogen and oxygen atoms in total. The van der Waals surface area contributed by atoms with E-state index >= 15 is 0 Å². The fraction of sp³-hybridized carbons (Fsp3) is 0.143. The number of nitrogens with one attached hydrogen (secondary N) is 1. The van der Waals surface area contributed by atoms with Crippen LogP contribution in [0.15, 0.2) is 72.9 Å². The van der Waals surface area contributed by atoms with Gasteiger partial charge in [-0.25, -0.2) is 0 Å². The van der Waals surface area contributed by atoms with Crippen molar-refractivity contribution < 1.29 is 9.53 Å². The van der Waals surface area contributed by atoms with Crippen LogP contribution in [0.4, 0.5) is 11.4 Å². The van der Waals surface area contributed by atoms with E-state index in [1.165, 1.54) is 0 Å². The van der Waals surface area contributed by atoms with Crippen molar-refractivity contribution in [1.82, 2.24) is 4.98 Å². The summed E-state index contributed by atoms with van der Waals surface area (Å²) in [4.78, 5) is 18.5. The largest absolute Gasteiger partial charge is 0.497 e. The third kappa shape index (κ3) is 4.19. The Kier molecular flexibility index (Phi) is 5.49. The Balaban J connectivity index is 1.68. The molecule has 0 saturated carbocycles. The second-order valence-electron chi connectivity index (χ2n) is 5.83. The number of aromatic nitrogens is 1. The van der Waals surface area contributed by atoms with Crippen molar-refractivity contribution in [2.45, 2.75) is 6.54 Å². The predicted octanol–water partition coefficient (Wildman–Crippen LogP) is 3.98. The SMILES string of the molecule is COc1ccc(CNc2ccnc(C(=O)N(C)c3ccccc3)c2)cc1. The number of benzene rings is 2. The number of carbonyl (C=O) groups excluding carboxylic acids is 1. The number of anilines is 2. The first-order valence-electron chi connectivity index (χ1n) is 8.33. The van der Waals surface area contributed by atoms with Gasteiger partial charge in [-0.3, -0.25) is 9.78 Å². The summed E-state index contributed by atoms with van der Waals surface area (Å²) >= 11 is 0. The Morgan fingerprint density at radius 2 is 1.81 bits per heavy atom. The molecule has 0 atom stereocenters. The fourth-order valence-corrected chi connectivity index (χ4v) is 2.55. The molecule has 1 amide bonds. The van der Waals surface area contributed by atoms with Crippen molar-refractivity contribution in [3.63, 3.8) is 0 Å². The van der Waals surface area contributed by atoms with Crippen LogP contribution in [0.3, 0.4) is 0 Å². The monoisotopic (exact) mass is 347 g/mol. The summed E-state index contributed by atoms with van der Waals surface area (Å²) in [7, 11) is 3.39. The number of hydrogen-bond donors (Lipinski definition) is 1. The highest BCUT2D eigenvalue weighted by Crippen LogP contribution is 2.17. The number of amides is 1. The smallest absolute Gasteiger partial charge is 0.276 e. The maximum atomic E-state index is 12.7. The van der Waals surface area contributed by atoms with Gasteiger partial charge < -0.3 is 15.0 Å². The lowest BCUT2D eigenvalue weighted by Gasteiger charge is -2.17. The van der Waals surface area contributed by atoms with E-state index in [2.05, 4.69) is 10.3 Å². The molecule has 0 aliphatic carbocycles. The molecule has 3 aromatic rings. The molecule has 132 valence electrons. The van der Waals surface area contributed by atoms with Gasteiger partial charge in [0, 0.05) is 31.2 Å². The first-order chi connectivity index (χ1) is 12.7. The van der Waals surface area contributed by atoms with Crippen LogP contribution in [0.1, 0.15) is 16.1 Å². The summed E-state index contributed by atoms with van der Waals surface area (Å²) in [6, 6.07) is 21.0. The highest BCUT2D eigenvalue weighted by Gasteiger charge is 2.15. The van der Waals surface area contributed by atoms with Gasteiger partial charge in [0.05, 0.1) is 7.11 Å². The average Bonchev–Trinajstić information content (AvgIpc) is 2.72. The van der Waals surface area contributed by atoms with Crippen LogP contribution < -0.4 is 15.0 Å². The lowest BCUT2D eigenvalue weighted by molar-refractivity contribution is 0.0988. The van der Waals surface area contributed by atoms with Crippen LogP contribution in [0.2, 0.25) is 0 Å². The minimum Gasteiger partial charge on any atom is -0.497 e. The van der Waals surface area contributed by atoms with Gasteiger partial charge in [-0.2, -0.15) is 0 Å². The number of rotatable bonds is 6. The molecule has 0 bridgehead atoms. The van der Waals surface area contributed by atoms with Gasteiger partial charge in [0.1, 0.15) is 11.4 Å². The molecule has 2 aromatic carbocycles. The van der Waals surface area contributed by atoms with Crippen molar-refractivity contribution in [2.75, 3.05) is 24.4 Å². The molecular weight excluding hydrogens is 326 g/mol. The van der Waals surface area contributed by atoms with Crippen LogP contribution >= 0.6 is 0 Å². The summed E-state index contributed by atoms with van der Waals surface area (Å²) in [5.41, 5.74) is 3.20. The molecule has 0 aliphatic rings. The lowest BCUT2D eigenvalue weighted by Crippen LogP contribution is -2.27. The maximum Gasteiger partial charge on any atom is 0.276 e. The Hall–Kier alpha value is -3.34. The number of hydrogen-bond acceptors (Lipinski definition) is 4. The molecule has 0 aliphatic heterocycles. The third-order valence-corrected chi connectivity index (χ3v) is 4.08. The highest BCUT2D eigenvalue weighted by atomic mass is 16.5. The predicted molar refractivity (Wildman–Crippen MR) is 104 cm³/mol. The second kappa shape index (κ2) is 8.16. The number of nitrogens with zero attached hydrogens (tertiary/aromatic N) is 2. The molecule has 3 rings (SSSR count). The van der Waals surface area contributed by atoms with Crippen LogP contribution in [0.25, 0.3) is 0 Å². The van der Waals surface area contributed by atoms with Crippen molar-refractivity contribution in [2.24, 2.45) is 0 Å². The van der Waals surface area contributed by atoms with Gasteiger partial charge >= 0.3 is 0 Å². The van der Waals surface area contributed by atoms with Crippen LogP contribution in [-0.2, 0) is 6.54 Å². The quantitative estimate of drug-likeness (QED) is 0.733. The van der Waals surface area contributed by atoms with Gasteiger partial charge in [0.25, 0.3) is 5.91 Å². The zero-order chi connectivity index (χ0) is 18.4. The minimum absolute atomic E-state index is 0.149. The Labute approximate surface area is 153 Å². The van der Waals surface area contributed by atoms with Crippen molar-refractivity contribution in [3.8, 4) is 5.75 Å². The number of ether oxygens (including phenoxy) is 1. The molecule has 0 spiro atoms. The van der Waals surface area contributed by atoms with Crippen LogP contribution in [0, 0.1) is 0 Å². The molecule has 0 fully saturated rings. The molecular formula is C21H21N3O2. The summed E-state index contributed by atoms with van der Waals surface area (Å²) < 4.78 is 5.16. The third-order valence-electron chi connectivity index (χ3n) is 4.08. The van der Waals surface area contributed by atoms with E-state index < -0.39 is 0 Å².